The lowest BCUT2D eigenvalue weighted by molar-refractivity contribution is -0.156. The Morgan fingerprint density at radius 3 is 2.07 bits per heavy atom. The second-order valence-corrected chi connectivity index (χ2v) is 4.14. The first-order valence-electron chi connectivity index (χ1n) is 4.56. The molecule has 1 unspecified atom stereocenters. The molecule has 0 saturated heterocycles. The third-order valence-electron chi connectivity index (χ3n) is 2.25. The number of nitrogens with one attached hydrogen (secondary N) is 2. The third-order valence-corrected chi connectivity index (χ3v) is 2.25. The van der Waals surface area contributed by atoms with Gasteiger partial charge in [-0.1, -0.05) is 0 Å². The fourth-order valence-corrected chi connectivity index (χ4v) is 0.663. The van der Waals surface area contributed by atoms with E-state index in [1.54, 1.807) is 20.9 Å². The van der Waals surface area contributed by atoms with Gasteiger partial charge in [0, 0.05) is 0 Å². The largest absolute Gasteiger partial charge is 0.479 e. The van der Waals surface area contributed by atoms with Crippen LogP contribution in [0.2, 0.25) is 0 Å². The molecule has 0 fully saturated rings. The topological polar surface area (TPSA) is 98.7 Å². The summed E-state index contributed by atoms with van der Waals surface area (Å²) < 4.78 is 0. The minimum absolute atomic E-state index is 0.327. The van der Waals surface area contributed by atoms with Crippen LogP contribution in [0.3, 0.4) is 0 Å². The predicted octanol–water partition coefficient (Wildman–Crippen LogP) is -1.06. The van der Waals surface area contributed by atoms with Crippen molar-refractivity contribution >= 4 is 11.9 Å². The number of rotatable bonds is 5. The fraction of sp³-hybridized carbons (Fsp3) is 0.778. The Morgan fingerprint density at radius 2 is 1.73 bits per heavy atom. The molecule has 4 N–H and O–H groups in total. The van der Waals surface area contributed by atoms with Gasteiger partial charge in [-0.3, -0.25) is 4.79 Å². The molecule has 0 saturated carbocycles. The number of aliphatic carboxylic acids is 1. The van der Waals surface area contributed by atoms with Gasteiger partial charge in [0.15, 0.2) is 5.60 Å². The monoisotopic (exact) mass is 218 g/mol. The van der Waals surface area contributed by atoms with Crippen LogP contribution in [0.15, 0.2) is 0 Å². The lowest BCUT2D eigenvalue weighted by atomic mass is 10.0. The zero-order chi connectivity index (χ0) is 12.3. The van der Waals surface area contributed by atoms with Crippen LogP contribution in [0.1, 0.15) is 20.8 Å². The predicted molar refractivity (Wildman–Crippen MR) is 54.4 cm³/mol. The van der Waals surface area contributed by atoms with Crippen molar-refractivity contribution in [2.75, 3.05) is 13.6 Å². The molecule has 1 atom stereocenters. The number of hydrogen-bond acceptors (Lipinski definition) is 4. The highest BCUT2D eigenvalue weighted by Crippen LogP contribution is 2.04. The van der Waals surface area contributed by atoms with E-state index in [-0.39, 0.29) is 12.5 Å². The summed E-state index contributed by atoms with van der Waals surface area (Å²) in [5, 5.41) is 23.1. The van der Waals surface area contributed by atoms with Crippen LogP contribution in [0.5, 0.6) is 0 Å². The quantitative estimate of drug-likeness (QED) is 0.471. The van der Waals surface area contributed by atoms with E-state index in [9.17, 15) is 14.7 Å². The molecule has 88 valence electrons. The summed E-state index contributed by atoms with van der Waals surface area (Å²) in [6.45, 7) is 4.10. The highest BCUT2D eigenvalue weighted by Gasteiger charge is 2.33. The van der Waals surface area contributed by atoms with Gasteiger partial charge in [0.1, 0.15) is 0 Å². The molecule has 6 heteroatoms. The van der Waals surface area contributed by atoms with Gasteiger partial charge in [-0.25, -0.2) is 4.79 Å². The van der Waals surface area contributed by atoms with E-state index in [0.29, 0.717) is 0 Å². The van der Waals surface area contributed by atoms with Gasteiger partial charge in [0.2, 0.25) is 5.91 Å². The van der Waals surface area contributed by atoms with E-state index in [1.165, 1.54) is 0 Å². The molecule has 0 aliphatic rings. The SMILES string of the molecule is CNC(C)(C)C(=O)NCC(C)(O)C(=O)O. The van der Waals surface area contributed by atoms with Gasteiger partial charge in [0.25, 0.3) is 0 Å². The van der Waals surface area contributed by atoms with Crippen LogP contribution in [-0.4, -0.2) is 46.8 Å². The van der Waals surface area contributed by atoms with Crippen LogP contribution in [-0.2, 0) is 9.59 Å². The number of hydrogen-bond donors (Lipinski definition) is 4. The summed E-state index contributed by atoms with van der Waals surface area (Å²) in [6.07, 6.45) is 0. The number of carbonyl (C=O) groups excluding carboxylic acids is 1. The highest BCUT2D eigenvalue weighted by molar-refractivity contribution is 5.86. The molecule has 0 rings (SSSR count). The summed E-state index contributed by atoms with van der Waals surface area (Å²) in [7, 11) is 1.62. The molecule has 1 amide bonds. The Hall–Kier alpha value is -1.14. The second-order valence-electron chi connectivity index (χ2n) is 4.14. The lowest BCUT2D eigenvalue weighted by Gasteiger charge is -2.25. The number of amides is 1. The smallest absolute Gasteiger partial charge is 0.337 e. The Morgan fingerprint density at radius 1 is 1.27 bits per heavy atom. The fourth-order valence-electron chi connectivity index (χ4n) is 0.663. The van der Waals surface area contributed by atoms with Crippen molar-refractivity contribution in [3.8, 4) is 0 Å². The van der Waals surface area contributed by atoms with Crippen molar-refractivity contribution in [2.45, 2.75) is 31.9 Å². The van der Waals surface area contributed by atoms with Crippen LogP contribution in [0.25, 0.3) is 0 Å². The summed E-state index contributed by atoms with van der Waals surface area (Å²) in [5.41, 5.74) is -2.74. The maximum atomic E-state index is 11.5. The first-order chi connectivity index (χ1) is 6.63. The van der Waals surface area contributed by atoms with Gasteiger partial charge in [-0.2, -0.15) is 0 Å². The number of likely N-dealkylation sites (N-methyl/N-ethyl adjacent to an activating group) is 1. The van der Waals surface area contributed by atoms with Gasteiger partial charge >= 0.3 is 5.97 Å². The average molecular weight is 218 g/mol. The molecule has 0 aromatic rings. The lowest BCUT2D eigenvalue weighted by Crippen LogP contribution is -2.55. The Kier molecular flexibility index (Phi) is 4.24. The molecule has 0 bridgehead atoms. The van der Waals surface area contributed by atoms with Crippen molar-refractivity contribution < 1.29 is 19.8 Å². The number of aliphatic hydroxyl groups is 1. The van der Waals surface area contributed by atoms with E-state index < -0.39 is 17.1 Å². The summed E-state index contributed by atoms with van der Waals surface area (Å²) in [4.78, 5) is 22.0. The zero-order valence-electron chi connectivity index (χ0n) is 9.42. The number of carbonyl (C=O) groups is 2. The van der Waals surface area contributed by atoms with Crippen LogP contribution < -0.4 is 10.6 Å². The molecule has 0 aliphatic heterocycles. The van der Waals surface area contributed by atoms with Crippen molar-refractivity contribution in [1.29, 1.82) is 0 Å². The Labute approximate surface area is 88.7 Å². The first kappa shape index (κ1) is 13.9. The minimum atomic E-state index is -1.94. The molecular weight excluding hydrogens is 200 g/mol. The van der Waals surface area contributed by atoms with Crippen molar-refractivity contribution in [3.63, 3.8) is 0 Å². The summed E-state index contributed by atoms with van der Waals surface area (Å²) >= 11 is 0. The van der Waals surface area contributed by atoms with Gasteiger partial charge in [0.05, 0.1) is 12.1 Å². The molecule has 0 heterocycles. The third kappa shape index (κ3) is 3.85. The Balaban J connectivity index is 4.30. The molecule has 0 aromatic carbocycles. The van der Waals surface area contributed by atoms with E-state index in [0.717, 1.165) is 6.92 Å². The zero-order valence-corrected chi connectivity index (χ0v) is 9.42. The van der Waals surface area contributed by atoms with E-state index in [4.69, 9.17) is 5.11 Å². The highest BCUT2D eigenvalue weighted by atomic mass is 16.4. The summed E-state index contributed by atoms with van der Waals surface area (Å²) in [6, 6.07) is 0. The molecule has 0 radical (unpaired) electrons. The molecule has 0 spiro atoms. The van der Waals surface area contributed by atoms with Crippen LogP contribution in [0, 0.1) is 0 Å². The summed E-state index contributed by atoms with van der Waals surface area (Å²) in [5.74, 6) is -1.74. The normalized spacial score (nSPS) is 15.5. The average Bonchev–Trinajstić information content (AvgIpc) is 2.13. The molecule has 15 heavy (non-hydrogen) atoms. The van der Waals surface area contributed by atoms with Gasteiger partial charge in [-0.05, 0) is 27.8 Å². The molecular formula is C9H18N2O4. The van der Waals surface area contributed by atoms with Crippen LogP contribution >= 0.6 is 0 Å². The maximum Gasteiger partial charge on any atom is 0.337 e. The number of carboxylic acids is 1. The van der Waals surface area contributed by atoms with Crippen molar-refractivity contribution in [1.82, 2.24) is 10.6 Å². The minimum Gasteiger partial charge on any atom is -0.479 e. The molecule has 6 nitrogen and oxygen atoms in total. The first-order valence-corrected chi connectivity index (χ1v) is 4.56. The van der Waals surface area contributed by atoms with Gasteiger partial charge < -0.3 is 20.8 Å². The molecule has 0 aromatic heterocycles. The van der Waals surface area contributed by atoms with Gasteiger partial charge in [-0.15, -0.1) is 0 Å². The van der Waals surface area contributed by atoms with E-state index in [1.807, 2.05) is 0 Å². The second kappa shape index (κ2) is 4.59. The molecule has 0 aliphatic carbocycles. The van der Waals surface area contributed by atoms with E-state index >= 15 is 0 Å². The maximum absolute atomic E-state index is 11.5. The van der Waals surface area contributed by atoms with E-state index in [2.05, 4.69) is 10.6 Å². The number of carboxylic acid groups (broad SMARTS) is 1. The Bertz CT molecular complexity index is 261. The van der Waals surface area contributed by atoms with Crippen LogP contribution in [0.4, 0.5) is 0 Å². The van der Waals surface area contributed by atoms with Crippen molar-refractivity contribution in [3.05, 3.63) is 0 Å². The standard InChI is InChI=1S/C9H18N2O4/c1-8(2,10-4)6(12)11-5-9(3,15)7(13)14/h10,15H,5H2,1-4H3,(H,11,12)(H,13,14). The van der Waals surface area contributed by atoms with Crippen molar-refractivity contribution in [2.24, 2.45) is 0 Å².